The van der Waals surface area contributed by atoms with Gasteiger partial charge in [0, 0.05) is 33.0 Å². The Labute approximate surface area is 156 Å². The highest BCUT2D eigenvalue weighted by atomic mass is 19.4. The zero-order valence-corrected chi connectivity index (χ0v) is 14.8. The maximum absolute atomic E-state index is 13.5. The summed E-state index contributed by atoms with van der Waals surface area (Å²) >= 11 is 0. The van der Waals surface area contributed by atoms with Gasteiger partial charge in [0.25, 0.3) is 0 Å². The van der Waals surface area contributed by atoms with Crippen molar-refractivity contribution in [2.24, 2.45) is 7.05 Å². The Morgan fingerprint density at radius 3 is 2.14 bits per heavy atom. The van der Waals surface area contributed by atoms with E-state index in [1.807, 2.05) is 0 Å². The molecule has 28 heavy (non-hydrogen) atoms. The number of nitrogens with zero attached hydrogens (tertiary/aromatic N) is 3. The van der Waals surface area contributed by atoms with Gasteiger partial charge in [0.05, 0.1) is 12.0 Å². The average Bonchev–Trinajstić information content (AvgIpc) is 2.99. The molecule has 0 saturated heterocycles. The number of amides is 1. The van der Waals surface area contributed by atoms with Crippen molar-refractivity contribution in [1.29, 1.82) is 0 Å². The molecule has 0 aliphatic carbocycles. The molecule has 1 heterocycles. The number of rotatable bonds is 5. The quantitative estimate of drug-likeness (QED) is 0.772. The minimum Gasteiger partial charge on any atom is -0.374 e. The summed E-state index contributed by atoms with van der Waals surface area (Å²) < 4.78 is 79.1. The van der Waals surface area contributed by atoms with Crippen LogP contribution in [0.1, 0.15) is 23.4 Å². The zero-order chi connectivity index (χ0) is 21.3. The molecule has 0 aliphatic rings. The third-order valence-corrected chi connectivity index (χ3v) is 4.19. The standard InChI is InChI=1S/C17H17F6N3O2/c1-25-8-7-24-14(25)15(28,17(21,22)23)9-13(27)26(2)10-11-3-5-12(6-4-11)16(18,19)20/h3-8,28H,9-10H2,1-2H3. The molecule has 0 spiro atoms. The van der Waals surface area contributed by atoms with E-state index < -0.39 is 41.7 Å². The summed E-state index contributed by atoms with van der Waals surface area (Å²) in [5.74, 6) is -1.79. The van der Waals surface area contributed by atoms with E-state index in [0.29, 0.717) is 0 Å². The molecule has 1 N–H and O–H groups in total. The second-order valence-electron chi connectivity index (χ2n) is 6.34. The van der Waals surface area contributed by atoms with Gasteiger partial charge in [-0.05, 0) is 17.7 Å². The molecule has 1 amide bonds. The van der Waals surface area contributed by atoms with Gasteiger partial charge in [0.15, 0.2) is 5.82 Å². The van der Waals surface area contributed by atoms with Crippen molar-refractivity contribution in [2.75, 3.05) is 7.05 Å². The van der Waals surface area contributed by atoms with Gasteiger partial charge in [-0.1, -0.05) is 12.1 Å². The van der Waals surface area contributed by atoms with E-state index in [-0.39, 0.29) is 12.1 Å². The number of hydrogen-bond acceptors (Lipinski definition) is 3. The molecule has 0 bridgehead atoms. The fourth-order valence-corrected chi connectivity index (χ4v) is 2.59. The van der Waals surface area contributed by atoms with Crippen LogP contribution >= 0.6 is 0 Å². The van der Waals surface area contributed by atoms with Gasteiger partial charge in [-0.25, -0.2) is 4.98 Å². The van der Waals surface area contributed by atoms with Crippen LogP contribution < -0.4 is 0 Å². The third kappa shape index (κ3) is 4.46. The topological polar surface area (TPSA) is 58.4 Å². The zero-order valence-electron chi connectivity index (χ0n) is 14.8. The average molecular weight is 409 g/mol. The summed E-state index contributed by atoms with van der Waals surface area (Å²) in [5, 5.41) is 10.2. The number of benzene rings is 1. The van der Waals surface area contributed by atoms with Gasteiger partial charge < -0.3 is 14.6 Å². The van der Waals surface area contributed by atoms with E-state index in [9.17, 15) is 36.2 Å². The van der Waals surface area contributed by atoms with E-state index in [2.05, 4.69) is 4.98 Å². The van der Waals surface area contributed by atoms with Gasteiger partial charge in [0.1, 0.15) is 0 Å². The predicted octanol–water partition coefficient (Wildman–Crippen LogP) is 3.24. The van der Waals surface area contributed by atoms with Crippen LogP contribution in [0.3, 0.4) is 0 Å². The number of alkyl halides is 6. The lowest BCUT2D eigenvalue weighted by Crippen LogP contribution is -2.48. The molecule has 1 aromatic carbocycles. The monoisotopic (exact) mass is 409 g/mol. The molecule has 0 fully saturated rings. The van der Waals surface area contributed by atoms with E-state index >= 15 is 0 Å². The molecule has 1 unspecified atom stereocenters. The number of carbonyl (C=O) groups is 1. The fourth-order valence-electron chi connectivity index (χ4n) is 2.59. The minimum atomic E-state index is -5.17. The Balaban J connectivity index is 2.17. The lowest BCUT2D eigenvalue weighted by atomic mass is 9.96. The van der Waals surface area contributed by atoms with Crippen LogP contribution in [0.2, 0.25) is 0 Å². The molecule has 0 aliphatic heterocycles. The highest BCUT2D eigenvalue weighted by Gasteiger charge is 2.58. The number of hydrogen-bond donors (Lipinski definition) is 1. The molecular formula is C17H17F6N3O2. The molecule has 11 heteroatoms. The first-order valence-electron chi connectivity index (χ1n) is 7.92. The van der Waals surface area contributed by atoms with Gasteiger partial charge >= 0.3 is 12.4 Å². The second kappa shape index (κ2) is 7.46. The molecule has 5 nitrogen and oxygen atoms in total. The van der Waals surface area contributed by atoms with E-state index in [1.165, 1.54) is 20.3 Å². The second-order valence-corrected chi connectivity index (χ2v) is 6.34. The minimum absolute atomic E-state index is 0.231. The normalized spacial score (nSPS) is 14.6. The van der Waals surface area contributed by atoms with Gasteiger partial charge in [-0.2, -0.15) is 26.3 Å². The van der Waals surface area contributed by atoms with Crippen LogP contribution in [0, 0.1) is 0 Å². The molecule has 154 valence electrons. The fraction of sp³-hybridized carbons (Fsp3) is 0.412. The van der Waals surface area contributed by atoms with Gasteiger partial charge in [-0.15, -0.1) is 0 Å². The lowest BCUT2D eigenvalue weighted by Gasteiger charge is -2.31. The SMILES string of the molecule is CN(Cc1ccc(C(F)(F)F)cc1)C(=O)CC(O)(c1nccn1C)C(F)(F)F. The Morgan fingerprint density at radius 2 is 1.71 bits per heavy atom. The number of aliphatic hydroxyl groups is 1. The third-order valence-electron chi connectivity index (χ3n) is 4.19. The Morgan fingerprint density at radius 1 is 1.14 bits per heavy atom. The number of carbonyl (C=O) groups excluding carboxylic acids is 1. The van der Waals surface area contributed by atoms with Gasteiger partial charge in [-0.3, -0.25) is 4.79 Å². The van der Waals surface area contributed by atoms with Crippen molar-refractivity contribution in [1.82, 2.24) is 14.5 Å². The van der Waals surface area contributed by atoms with Crippen molar-refractivity contribution in [3.05, 3.63) is 53.6 Å². The molecule has 0 radical (unpaired) electrons. The number of aryl methyl sites for hydroxylation is 1. The molecular weight excluding hydrogens is 392 g/mol. The van der Waals surface area contributed by atoms with E-state index in [1.54, 1.807) is 0 Å². The number of halogens is 6. The van der Waals surface area contributed by atoms with Crippen molar-refractivity contribution in [3.63, 3.8) is 0 Å². The maximum Gasteiger partial charge on any atom is 0.425 e. The summed E-state index contributed by atoms with van der Waals surface area (Å²) in [4.78, 5) is 16.7. The van der Waals surface area contributed by atoms with Crippen LogP contribution in [0.15, 0.2) is 36.7 Å². The summed E-state index contributed by atoms with van der Waals surface area (Å²) in [6.45, 7) is -0.231. The molecule has 1 atom stereocenters. The van der Waals surface area contributed by atoms with Crippen LogP contribution in [0.25, 0.3) is 0 Å². The summed E-state index contributed by atoms with van der Waals surface area (Å²) in [5.41, 5.74) is -4.10. The first kappa shape index (κ1) is 21.7. The van der Waals surface area contributed by atoms with Crippen molar-refractivity contribution >= 4 is 5.91 Å². The Hall–Kier alpha value is -2.56. The predicted molar refractivity (Wildman–Crippen MR) is 85.7 cm³/mol. The van der Waals surface area contributed by atoms with Crippen molar-refractivity contribution in [3.8, 4) is 0 Å². The summed E-state index contributed by atoms with van der Waals surface area (Å²) in [7, 11) is 2.44. The molecule has 2 rings (SSSR count). The van der Waals surface area contributed by atoms with Crippen molar-refractivity contribution in [2.45, 2.75) is 30.9 Å². The lowest BCUT2D eigenvalue weighted by molar-refractivity contribution is -0.271. The first-order valence-corrected chi connectivity index (χ1v) is 7.92. The number of imidazole rings is 1. The van der Waals surface area contributed by atoms with Crippen molar-refractivity contribution < 1.29 is 36.2 Å². The molecule has 1 aromatic heterocycles. The van der Waals surface area contributed by atoms with Crippen LogP contribution in [0.5, 0.6) is 0 Å². The van der Waals surface area contributed by atoms with Gasteiger partial charge in [0.2, 0.25) is 11.5 Å². The summed E-state index contributed by atoms with van der Waals surface area (Å²) in [6.07, 6.45) is -8.76. The Bertz CT molecular complexity index is 829. The first-order chi connectivity index (χ1) is 12.8. The number of aromatic nitrogens is 2. The van der Waals surface area contributed by atoms with Crippen LogP contribution in [-0.2, 0) is 30.2 Å². The Kier molecular flexibility index (Phi) is 5.79. The van der Waals surface area contributed by atoms with E-state index in [0.717, 1.165) is 39.9 Å². The highest BCUT2D eigenvalue weighted by Crippen LogP contribution is 2.41. The largest absolute Gasteiger partial charge is 0.425 e. The smallest absolute Gasteiger partial charge is 0.374 e. The summed E-state index contributed by atoms with van der Waals surface area (Å²) in [6, 6.07) is 3.88. The highest BCUT2D eigenvalue weighted by molar-refractivity contribution is 5.77. The molecule has 0 saturated carbocycles. The maximum atomic E-state index is 13.5. The molecule has 2 aromatic rings. The van der Waals surface area contributed by atoms with Crippen LogP contribution in [-0.4, -0.2) is 38.7 Å². The van der Waals surface area contributed by atoms with Crippen LogP contribution in [0.4, 0.5) is 26.3 Å². The van der Waals surface area contributed by atoms with E-state index in [4.69, 9.17) is 0 Å².